The Balaban J connectivity index is 0. The van der Waals surface area contributed by atoms with E-state index in [1.54, 1.807) is 7.11 Å². The molecule has 1 saturated carbocycles. The predicted octanol–water partition coefficient (Wildman–Crippen LogP) is 2.17. The fourth-order valence-corrected chi connectivity index (χ4v) is 3.45. The van der Waals surface area contributed by atoms with Crippen molar-refractivity contribution in [3.63, 3.8) is 0 Å². The van der Waals surface area contributed by atoms with Gasteiger partial charge in [-0.3, -0.25) is 9.80 Å². The highest BCUT2D eigenvalue weighted by atomic mass is 35.5. The molecule has 0 spiro atoms. The molecule has 1 aliphatic heterocycles. The molecule has 4 nitrogen and oxygen atoms in total. The topological polar surface area (TPSA) is 41.7 Å². The molecule has 1 heterocycles. The molecule has 0 amide bonds. The molecule has 2 N–H and O–H groups in total. The van der Waals surface area contributed by atoms with Crippen LogP contribution in [0, 0.1) is 0 Å². The summed E-state index contributed by atoms with van der Waals surface area (Å²) in [5.74, 6) is 0. The Bertz CT molecular complexity index is 264. The van der Waals surface area contributed by atoms with Gasteiger partial charge in [-0.05, 0) is 33.1 Å². The van der Waals surface area contributed by atoms with Crippen molar-refractivity contribution in [2.24, 2.45) is 5.73 Å². The summed E-state index contributed by atoms with van der Waals surface area (Å²) >= 11 is 0. The molecular weight excluding hydrogens is 333 g/mol. The first-order valence-corrected chi connectivity index (χ1v) is 7.40. The van der Waals surface area contributed by atoms with Crippen LogP contribution in [0.3, 0.4) is 0 Å². The number of hydrogen-bond donors (Lipinski definition) is 1. The lowest BCUT2D eigenvalue weighted by Crippen LogP contribution is -2.60. The Morgan fingerprint density at radius 1 is 1.00 bits per heavy atom. The molecule has 130 valence electrons. The molecule has 2 rings (SSSR count). The van der Waals surface area contributed by atoms with Crippen molar-refractivity contribution in [1.29, 1.82) is 0 Å². The number of piperazine rings is 1. The minimum absolute atomic E-state index is 0. The number of hydrogen-bond acceptors (Lipinski definition) is 4. The molecule has 0 aromatic heterocycles. The molecule has 1 saturated heterocycles. The summed E-state index contributed by atoms with van der Waals surface area (Å²) in [6.45, 7) is 9.24. The van der Waals surface area contributed by atoms with Gasteiger partial charge < -0.3 is 10.5 Å². The normalized spacial score (nSPS) is 31.0. The summed E-state index contributed by atoms with van der Waals surface area (Å²) in [5, 5.41) is 0. The van der Waals surface area contributed by atoms with Crippen LogP contribution in [-0.2, 0) is 4.74 Å². The van der Waals surface area contributed by atoms with Crippen molar-refractivity contribution >= 4 is 37.2 Å². The number of nitrogens with two attached hydrogens (primary N) is 1. The SMILES string of the molecule is CO[C@H]1CCC[C@H](N2CCN(C(C)C)CC2)[C@H]1N.Cl.Cl.Cl. The monoisotopic (exact) mass is 363 g/mol. The second kappa shape index (κ2) is 11.3. The van der Waals surface area contributed by atoms with Gasteiger partial charge in [0, 0.05) is 51.4 Å². The zero-order valence-electron chi connectivity index (χ0n) is 13.4. The minimum Gasteiger partial charge on any atom is -0.380 e. The zero-order valence-corrected chi connectivity index (χ0v) is 15.8. The molecule has 0 aromatic rings. The third-order valence-corrected chi connectivity index (χ3v) is 4.71. The van der Waals surface area contributed by atoms with Crippen LogP contribution >= 0.6 is 37.2 Å². The van der Waals surface area contributed by atoms with E-state index in [-0.39, 0.29) is 49.4 Å². The van der Waals surface area contributed by atoms with E-state index in [4.69, 9.17) is 10.5 Å². The predicted molar refractivity (Wildman–Crippen MR) is 96.4 cm³/mol. The van der Waals surface area contributed by atoms with Gasteiger partial charge in [0.25, 0.3) is 0 Å². The highest BCUT2D eigenvalue weighted by Crippen LogP contribution is 2.25. The van der Waals surface area contributed by atoms with Crippen LogP contribution in [-0.4, -0.2) is 67.3 Å². The molecule has 2 aliphatic rings. The van der Waals surface area contributed by atoms with Crippen LogP contribution in [0.1, 0.15) is 33.1 Å². The van der Waals surface area contributed by atoms with Gasteiger partial charge >= 0.3 is 0 Å². The van der Waals surface area contributed by atoms with Crippen molar-refractivity contribution in [2.45, 2.75) is 57.3 Å². The van der Waals surface area contributed by atoms with Gasteiger partial charge in [0.15, 0.2) is 0 Å². The fourth-order valence-electron chi connectivity index (χ4n) is 3.45. The zero-order chi connectivity index (χ0) is 13.1. The van der Waals surface area contributed by atoms with E-state index < -0.39 is 0 Å². The Labute approximate surface area is 148 Å². The largest absolute Gasteiger partial charge is 0.380 e. The number of nitrogens with zero attached hydrogens (tertiary/aromatic N) is 2. The first kappa shape index (κ1) is 24.0. The third-order valence-electron chi connectivity index (χ3n) is 4.71. The average molecular weight is 365 g/mol. The summed E-state index contributed by atoms with van der Waals surface area (Å²) in [6, 6.07) is 1.38. The first-order chi connectivity index (χ1) is 8.63. The highest BCUT2D eigenvalue weighted by molar-refractivity contribution is 5.86. The molecule has 3 atom stereocenters. The van der Waals surface area contributed by atoms with Gasteiger partial charge in [0.1, 0.15) is 0 Å². The minimum atomic E-state index is 0. The Morgan fingerprint density at radius 2 is 1.57 bits per heavy atom. The van der Waals surface area contributed by atoms with Crippen LogP contribution in [0.25, 0.3) is 0 Å². The molecular formula is C14H32Cl3N3O. The van der Waals surface area contributed by atoms with E-state index in [0.29, 0.717) is 12.1 Å². The molecule has 2 fully saturated rings. The maximum atomic E-state index is 6.38. The Kier molecular flexibility index (Phi) is 12.9. The van der Waals surface area contributed by atoms with Crippen LogP contribution in [0.4, 0.5) is 0 Å². The molecule has 0 radical (unpaired) electrons. The van der Waals surface area contributed by atoms with Crippen LogP contribution in [0.15, 0.2) is 0 Å². The quantitative estimate of drug-likeness (QED) is 0.833. The van der Waals surface area contributed by atoms with E-state index in [2.05, 4.69) is 23.6 Å². The van der Waals surface area contributed by atoms with Crippen LogP contribution in [0.5, 0.6) is 0 Å². The molecule has 7 heteroatoms. The van der Waals surface area contributed by atoms with Gasteiger partial charge in [-0.15, -0.1) is 37.2 Å². The van der Waals surface area contributed by atoms with Crippen molar-refractivity contribution in [3.8, 4) is 0 Å². The summed E-state index contributed by atoms with van der Waals surface area (Å²) in [7, 11) is 1.80. The maximum absolute atomic E-state index is 6.38. The van der Waals surface area contributed by atoms with E-state index in [9.17, 15) is 0 Å². The number of rotatable bonds is 3. The summed E-state index contributed by atoms with van der Waals surface area (Å²) in [6.07, 6.45) is 3.87. The first-order valence-electron chi connectivity index (χ1n) is 7.40. The van der Waals surface area contributed by atoms with Crippen molar-refractivity contribution in [1.82, 2.24) is 9.80 Å². The van der Waals surface area contributed by atoms with Crippen molar-refractivity contribution < 1.29 is 4.74 Å². The van der Waals surface area contributed by atoms with Gasteiger partial charge in [0.05, 0.1) is 6.10 Å². The standard InChI is InChI=1S/C14H29N3O.3ClH/c1-11(2)16-7-9-17(10-8-16)12-5-4-6-13(18-3)14(12)15;;;/h11-14H,4-10,15H2,1-3H3;3*1H/t12-,13-,14+;;;/m0.../s1. The lowest BCUT2D eigenvalue weighted by atomic mass is 9.87. The van der Waals surface area contributed by atoms with Crippen LogP contribution in [0.2, 0.25) is 0 Å². The smallest absolute Gasteiger partial charge is 0.0737 e. The van der Waals surface area contributed by atoms with Gasteiger partial charge in [-0.25, -0.2) is 0 Å². The summed E-state index contributed by atoms with van der Waals surface area (Å²) < 4.78 is 5.52. The number of methoxy groups -OCH3 is 1. The maximum Gasteiger partial charge on any atom is 0.0737 e. The van der Waals surface area contributed by atoms with Gasteiger partial charge in [-0.1, -0.05) is 0 Å². The molecule has 1 aliphatic carbocycles. The molecule has 0 unspecified atom stereocenters. The number of halogens is 3. The van der Waals surface area contributed by atoms with Gasteiger partial charge in [0.2, 0.25) is 0 Å². The van der Waals surface area contributed by atoms with Crippen molar-refractivity contribution in [2.75, 3.05) is 33.3 Å². The van der Waals surface area contributed by atoms with E-state index >= 15 is 0 Å². The fraction of sp³-hybridized carbons (Fsp3) is 1.00. The summed E-state index contributed by atoms with van der Waals surface area (Å²) in [4.78, 5) is 5.15. The molecule has 0 bridgehead atoms. The average Bonchev–Trinajstić information content (AvgIpc) is 2.39. The lowest BCUT2D eigenvalue weighted by molar-refractivity contribution is -0.00839. The Morgan fingerprint density at radius 3 is 2.05 bits per heavy atom. The molecule has 21 heavy (non-hydrogen) atoms. The second-order valence-corrected chi connectivity index (χ2v) is 6.02. The summed E-state index contributed by atoms with van der Waals surface area (Å²) in [5.41, 5.74) is 6.38. The number of ether oxygens (including phenoxy) is 1. The highest BCUT2D eigenvalue weighted by Gasteiger charge is 2.35. The van der Waals surface area contributed by atoms with E-state index in [1.807, 2.05) is 0 Å². The van der Waals surface area contributed by atoms with E-state index in [0.717, 1.165) is 19.5 Å². The molecule has 0 aromatic carbocycles. The van der Waals surface area contributed by atoms with Crippen LogP contribution < -0.4 is 5.73 Å². The van der Waals surface area contributed by atoms with E-state index in [1.165, 1.54) is 25.9 Å². The Hall–Kier alpha value is 0.710. The third kappa shape index (κ3) is 6.02. The van der Waals surface area contributed by atoms with Gasteiger partial charge in [-0.2, -0.15) is 0 Å². The second-order valence-electron chi connectivity index (χ2n) is 6.02. The lowest BCUT2D eigenvalue weighted by Gasteiger charge is -2.46. The van der Waals surface area contributed by atoms with Crippen molar-refractivity contribution in [3.05, 3.63) is 0 Å².